The summed E-state index contributed by atoms with van der Waals surface area (Å²) in [7, 11) is 0. The second-order valence-corrected chi connectivity index (χ2v) is 5.24. The van der Waals surface area contributed by atoms with Crippen LogP contribution in [-0.4, -0.2) is 19.6 Å². The van der Waals surface area contributed by atoms with Crippen LogP contribution in [0.2, 0.25) is 0 Å². The molecule has 1 aromatic rings. The molecule has 3 heteroatoms. The predicted molar refractivity (Wildman–Crippen MR) is 73.1 cm³/mol. The van der Waals surface area contributed by atoms with Crippen LogP contribution in [0.5, 0.6) is 0 Å². The molecule has 0 spiro atoms. The average molecular weight is 250 g/mol. The summed E-state index contributed by atoms with van der Waals surface area (Å²) in [5.41, 5.74) is 1.90. The number of piperidine rings is 1. The summed E-state index contributed by atoms with van der Waals surface area (Å²) in [6.45, 7) is 6.05. The van der Waals surface area contributed by atoms with Crippen molar-refractivity contribution in [3.8, 4) is 0 Å². The highest BCUT2D eigenvalue weighted by Crippen LogP contribution is 2.15. The third-order valence-corrected chi connectivity index (χ3v) is 3.74. The van der Waals surface area contributed by atoms with Crippen LogP contribution >= 0.6 is 0 Å². The minimum absolute atomic E-state index is 0.117. The largest absolute Gasteiger partial charge is 0.317 e. The fourth-order valence-corrected chi connectivity index (χ4v) is 2.53. The van der Waals surface area contributed by atoms with E-state index in [1.165, 1.54) is 37.9 Å². The van der Waals surface area contributed by atoms with Gasteiger partial charge in [0.15, 0.2) is 0 Å². The van der Waals surface area contributed by atoms with E-state index in [4.69, 9.17) is 0 Å². The van der Waals surface area contributed by atoms with Crippen molar-refractivity contribution >= 4 is 0 Å². The SMILES string of the molecule is Cc1cc(CNCCC2CCNCC2)ccc1F. The maximum absolute atomic E-state index is 13.1. The van der Waals surface area contributed by atoms with Crippen LogP contribution in [0.3, 0.4) is 0 Å². The molecular weight excluding hydrogens is 227 g/mol. The molecule has 18 heavy (non-hydrogen) atoms. The Bertz CT molecular complexity index is 373. The Morgan fingerprint density at radius 2 is 2.11 bits per heavy atom. The van der Waals surface area contributed by atoms with Crippen LogP contribution in [-0.2, 0) is 6.54 Å². The molecule has 1 fully saturated rings. The van der Waals surface area contributed by atoms with Gasteiger partial charge in [-0.05, 0) is 68.9 Å². The number of hydrogen-bond acceptors (Lipinski definition) is 2. The van der Waals surface area contributed by atoms with Crippen molar-refractivity contribution in [2.24, 2.45) is 5.92 Å². The highest BCUT2D eigenvalue weighted by atomic mass is 19.1. The van der Waals surface area contributed by atoms with Gasteiger partial charge >= 0.3 is 0 Å². The quantitative estimate of drug-likeness (QED) is 0.785. The van der Waals surface area contributed by atoms with Gasteiger partial charge in [0.2, 0.25) is 0 Å². The van der Waals surface area contributed by atoms with Gasteiger partial charge in [0, 0.05) is 6.54 Å². The lowest BCUT2D eigenvalue weighted by Crippen LogP contribution is -2.29. The Labute approximate surface area is 109 Å². The summed E-state index contributed by atoms with van der Waals surface area (Å²) < 4.78 is 13.1. The Morgan fingerprint density at radius 1 is 1.33 bits per heavy atom. The molecule has 1 aromatic carbocycles. The third kappa shape index (κ3) is 4.07. The van der Waals surface area contributed by atoms with Crippen LogP contribution in [0.15, 0.2) is 18.2 Å². The lowest BCUT2D eigenvalue weighted by atomic mass is 9.95. The Balaban J connectivity index is 1.66. The van der Waals surface area contributed by atoms with Crippen molar-refractivity contribution in [3.63, 3.8) is 0 Å². The Morgan fingerprint density at radius 3 is 2.83 bits per heavy atom. The first-order valence-corrected chi connectivity index (χ1v) is 6.92. The molecule has 0 saturated carbocycles. The van der Waals surface area contributed by atoms with E-state index in [2.05, 4.69) is 10.6 Å². The molecule has 0 radical (unpaired) electrons. The van der Waals surface area contributed by atoms with Crippen LogP contribution in [0.4, 0.5) is 4.39 Å². The first kappa shape index (κ1) is 13.5. The van der Waals surface area contributed by atoms with Gasteiger partial charge in [-0.1, -0.05) is 12.1 Å². The maximum atomic E-state index is 13.1. The molecule has 0 atom stereocenters. The summed E-state index contributed by atoms with van der Waals surface area (Å²) in [4.78, 5) is 0. The molecule has 1 aliphatic rings. The van der Waals surface area contributed by atoms with E-state index in [1.54, 1.807) is 6.07 Å². The molecule has 2 N–H and O–H groups in total. The van der Waals surface area contributed by atoms with E-state index in [-0.39, 0.29) is 5.82 Å². The molecule has 1 saturated heterocycles. The number of nitrogens with one attached hydrogen (secondary N) is 2. The maximum Gasteiger partial charge on any atom is 0.126 e. The first-order chi connectivity index (χ1) is 8.75. The highest BCUT2D eigenvalue weighted by molar-refractivity contribution is 5.23. The molecule has 0 aliphatic carbocycles. The predicted octanol–water partition coefficient (Wildman–Crippen LogP) is 2.61. The minimum Gasteiger partial charge on any atom is -0.317 e. The van der Waals surface area contributed by atoms with E-state index in [0.717, 1.165) is 24.6 Å². The van der Waals surface area contributed by atoms with Crippen molar-refractivity contribution in [1.29, 1.82) is 0 Å². The van der Waals surface area contributed by atoms with Gasteiger partial charge in [-0.3, -0.25) is 0 Å². The molecule has 2 rings (SSSR count). The second kappa shape index (κ2) is 6.86. The normalized spacial score (nSPS) is 17.0. The van der Waals surface area contributed by atoms with E-state index >= 15 is 0 Å². The van der Waals surface area contributed by atoms with Gasteiger partial charge in [0.05, 0.1) is 0 Å². The molecule has 1 heterocycles. The van der Waals surface area contributed by atoms with Crippen molar-refractivity contribution in [2.75, 3.05) is 19.6 Å². The second-order valence-electron chi connectivity index (χ2n) is 5.24. The Kier molecular flexibility index (Phi) is 5.14. The first-order valence-electron chi connectivity index (χ1n) is 6.92. The monoisotopic (exact) mass is 250 g/mol. The number of hydrogen-bond donors (Lipinski definition) is 2. The smallest absolute Gasteiger partial charge is 0.126 e. The van der Waals surface area contributed by atoms with Gasteiger partial charge in [-0.15, -0.1) is 0 Å². The fraction of sp³-hybridized carbons (Fsp3) is 0.600. The molecule has 100 valence electrons. The average Bonchev–Trinajstić information content (AvgIpc) is 2.40. The van der Waals surface area contributed by atoms with E-state index < -0.39 is 0 Å². The summed E-state index contributed by atoms with van der Waals surface area (Å²) >= 11 is 0. The molecule has 0 unspecified atom stereocenters. The van der Waals surface area contributed by atoms with E-state index in [0.29, 0.717) is 0 Å². The van der Waals surface area contributed by atoms with Crippen LogP contribution in [0.25, 0.3) is 0 Å². The Hall–Kier alpha value is -0.930. The molecule has 1 aliphatic heterocycles. The molecule has 2 nitrogen and oxygen atoms in total. The molecule has 0 aromatic heterocycles. The number of benzene rings is 1. The van der Waals surface area contributed by atoms with Gasteiger partial charge in [0.25, 0.3) is 0 Å². The van der Waals surface area contributed by atoms with E-state index in [9.17, 15) is 4.39 Å². The van der Waals surface area contributed by atoms with Crippen molar-refractivity contribution in [2.45, 2.75) is 32.7 Å². The van der Waals surface area contributed by atoms with Crippen molar-refractivity contribution < 1.29 is 4.39 Å². The minimum atomic E-state index is -0.117. The highest BCUT2D eigenvalue weighted by Gasteiger charge is 2.11. The zero-order valence-corrected chi connectivity index (χ0v) is 11.1. The number of rotatable bonds is 5. The lowest BCUT2D eigenvalue weighted by molar-refractivity contribution is 0.348. The van der Waals surface area contributed by atoms with Gasteiger partial charge < -0.3 is 10.6 Å². The molecule has 0 amide bonds. The summed E-state index contributed by atoms with van der Waals surface area (Å²) in [6.07, 6.45) is 3.86. The number of aryl methyl sites for hydroxylation is 1. The van der Waals surface area contributed by atoms with Gasteiger partial charge in [0.1, 0.15) is 5.82 Å². The standard InChI is InChI=1S/C15H23FN2/c1-12-10-14(2-3-15(12)16)11-18-9-6-13-4-7-17-8-5-13/h2-3,10,13,17-18H,4-9,11H2,1H3. The van der Waals surface area contributed by atoms with Gasteiger partial charge in [-0.2, -0.15) is 0 Å². The zero-order chi connectivity index (χ0) is 12.8. The van der Waals surface area contributed by atoms with Crippen LogP contribution < -0.4 is 10.6 Å². The molecular formula is C15H23FN2. The number of halogens is 1. The summed E-state index contributed by atoms with van der Waals surface area (Å²) in [5.74, 6) is 0.752. The van der Waals surface area contributed by atoms with Crippen LogP contribution in [0, 0.1) is 18.7 Å². The topological polar surface area (TPSA) is 24.1 Å². The lowest BCUT2D eigenvalue weighted by Gasteiger charge is -2.22. The van der Waals surface area contributed by atoms with Crippen LogP contribution in [0.1, 0.15) is 30.4 Å². The van der Waals surface area contributed by atoms with Gasteiger partial charge in [-0.25, -0.2) is 4.39 Å². The fourth-order valence-electron chi connectivity index (χ4n) is 2.53. The summed E-state index contributed by atoms with van der Waals surface area (Å²) in [6, 6.07) is 5.34. The third-order valence-electron chi connectivity index (χ3n) is 3.74. The summed E-state index contributed by atoms with van der Waals surface area (Å²) in [5, 5.41) is 6.84. The van der Waals surface area contributed by atoms with E-state index in [1.807, 2.05) is 19.1 Å². The van der Waals surface area contributed by atoms with Crippen molar-refractivity contribution in [3.05, 3.63) is 35.1 Å². The zero-order valence-electron chi connectivity index (χ0n) is 11.1. The molecule has 0 bridgehead atoms. The van der Waals surface area contributed by atoms with Crippen molar-refractivity contribution in [1.82, 2.24) is 10.6 Å².